The third-order valence-corrected chi connectivity index (χ3v) is 4.69. The van der Waals surface area contributed by atoms with Crippen LogP contribution in [0.5, 0.6) is 11.5 Å². The largest absolute Gasteiger partial charge is 0.465 e. The van der Waals surface area contributed by atoms with Crippen molar-refractivity contribution >= 4 is 35.5 Å². The standard InChI is InChI=1S/C25H22N2O8/c1-15-4-9-18(26-24(30)34-19-10-5-16(6-11-19)22(28)32-2)14-21(15)27-25(31)35-20-12-7-17(8-13-20)23(29)33-3/h4-14H,1-3H3,(H,26,30)(H,27,31). The predicted octanol–water partition coefficient (Wildman–Crippen LogP) is 4.79. The van der Waals surface area contributed by atoms with Crippen molar-refractivity contribution in [3.8, 4) is 11.5 Å². The van der Waals surface area contributed by atoms with Gasteiger partial charge in [-0.25, -0.2) is 19.2 Å². The highest BCUT2D eigenvalue weighted by Gasteiger charge is 2.12. The number of rotatable bonds is 6. The maximum atomic E-state index is 12.3. The highest BCUT2D eigenvalue weighted by Crippen LogP contribution is 2.22. The second-order valence-electron chi connectivity index (χ2n) is 7.09. The molecule has 35 heavy (non-hydrogen) atoms. The fourth-order valence-corrected chi connectivity index (χ4v) is 2.88. The highest BCUT2D eigenvalue weighted by molar-refractivity contribution is 5.92. The minimum absolute atomic E-state index is 0.224. The molecule has 2 N–H and O–H groups in total. The molecule has 0 radical (unpaired) electrons. The number of carbonyl (C=O) groups excluding carboxylic acids is 4. The molecule has 0 fully saturated rings. The number of carbonyl (C=O) groups is 4. The molecule has 3 rings (SSSR count). The zero-order valence-corrected chi connectivity index (χ0v) is 19.1. The Balaban J connectivity index is 1.59. The van der Waals surface area contributed by atoms with Crippen molar-refractivity contribution in [1.82, 2.24) is 0 Å². The van der Waals surface area contributed by atoms with E-state index in [1.54, 1.807) is 25.1 Å². The number of anilines is 2. The van der Waals surface area contributed by atoms with Crippen LogP contribution in [0.4, 0.5) is 21.0 Å². The Kier molecular flexibility index (Phi) is 8.02. The lowest BCUT2D eigenvalue weighted by Crippen LogP contribution is -2.19. The molecule has 0 saturated carbocycles. The van der Waals surface area contributed by atoms with Crippen LogP contribution in [-0.4, -0.2) is 38.3 Å². The third kappa shape index (κ3) is 6.81. The molecule has 0 bridgehead atoms. The Morgan fingerprint density at radius 1 is 0.629 bits per heavy atom. The van der Waals surface area contributed by atoms with Crippen LogP contribution in [0.3, 0.4) is 0 Å². The molecule has 0 unspecified atom stereocenters. The summed E-state index contributed by atoms with van der Waals surface area (Å²) in [6.45, 7) is 1.77. The molecule has 0 aliphatic heterocycles. The van der Waals surface area contributed by atoms with Crippen molar-refractivity contribution in [3.05, 3.63) is 83.4 Å². The summed E-state index contributed by atoms with van der Waals surface area (Å²) in [5.74, 6) is -0.554. The monoisotopic (exact) mass is 478 g/mol. The molecule has 10 nitrogen and oxygen atoms in total. The Bertz CT molecular complexity index is 1240. The Morgan fingerprint density at radius 2 is 1.09 bits per heavy atom. The summed E-state index contributed by atoms with van der Waals surface area (Å²) in [6.07, 6.45) is -1.52. The number of hydrogen-bond donors (Lipinski definition) is 2. The van der Waals surface area contributed by atoms with Crippen molar-refractivity contribution in [3.63, 3.8) is 0 Å². The number of nitrogens with one attached hydrogen (secondary N) is 2. The summed E-state index contributed by atoms with van der Waals surface area (Å²) in [4.78, 5) is 47.5. The summed E-state index contributed by atoms with van der Waals surface area (Å²) in [5, 5.41) is 5.17. The lowest BCUT2D eigenvalue weighted by Gasteiger charge is -2.12. The minimum Gasteiger partial charge on any atom is -0.465 e. The average molecular weight is 478 g/mol. The number of ether oxygens (including phenoxy) is 4. The summed E-state index contributed by atoms with van der Waals surface area (Å²) in [6, 6.07) is 16.6. The third-order valence-electron chi connectivity index (χ3n) is 4.69. The van der Waals surface area contributed by atoms with Crippen molar-refractivity contribution in [2.75, 3.05) is 24.9 Å². The number of hydrogen-bond acceptors (Lipinski definition) is 8. The average Bonchev–Trinajstić information content (AvgIpc) is 2.86. The summed E-state index contributed by atoms with van der Waals surface area (Å²) < 4.78 is 19.7. The van der Waals surface area contributed by atoms with Gasteiger partial charge in [0.2, 0.25) is 0 Å². The first-order valence-corrected chi connectivity index (χ1v) is 10.2. The molecule has 0 aliphatic carbocycles. The smallest absolute Gasteiger partial charge is 0.417 e. The molecule has 2 amide bonds. The van der Waals surface area contributed by atoms with Gasteiger partial charge in [0, 0.05) is 11.4 Å². The Morgan fingerprint density at radius 3 is 1.54 bits per heavy atom. The van der Waals surface area contributed by atoms with Gasteiger partial charge in [0.05, 0.1) is 25.3 Å². The van der Waals surface area contributed by atoms with Gasteiger partial charge in [-0.05, 0) is 73.2 Å². The van der Waals surface area contributed by atoms with Crippen LogP contribution in [0.25, 0.3) is 0 Å². The molecule has 0 aromatic heterocycles. The van der Waals surface area contributed by atoms with E-state index in [4.69, 9.17) is 9.47 Å². The summed E-state index contributed by atoms with van der Waals surface area (Å²) >= 11 is 0. The molecule has 0 aliphatic rings. The molecule has 180 valence electrons. The van der Waals surface area contributed by atoms with E-state index in [0.717, 1.165) is 5.56 Å². The van der Waals surface area contributed by atoms with Crippen LogP contribution in [0, 0.1) is 6.92 Å². The SMILES string of the molecule is COC(=O)c1ccc(OC(=O)Nc2ccc(C)c(NC(=O)Oc3ccc(C(=O)OC)cc3)c2)cc1. The molecule has 0 spiro atoms. The Hall–Kier alpha value is -4.86. The van der Waals surface area contributed by atoms with Crippen LogP contribution in [0.15, 0.2) is 66.7 Å². The molecule has 0 saturated heterocycles. The predicted molar refractivity (Wildman–Crippen MR) is 126 cm³/mol. The molecule has 10 heteroatoms. The van der Waals surface area contributed by atoms with Gasteiger partial charge in [-0.3, -0.25) is 10.6 Å². The zero-order valence-electron chi connectivity index (χ0n) is 19.1. The van der Waals surface area contributed by atoms with E-state index in [2.05, 4.69) is 20.1 Å². The molecule has 3 aromatic rings. The van der Waals surface area contributed by atoms with Crippen molar-refractivity contribution in [1.29, 1.82) is 0 Å². The summed E-state index contributed by atoms with van der Waals surface area (Å²) in [5.41, 5.74) is 2.13. The molecular formula is C25H22N2O8. The topological polar surface area (TPSA) is 129 Å². The molecule has 3 aromatic carbocycles. The maximum absolute atomic E-state index is 12.3. The maximum Gasteiger partial charge on any atom is 0.417 e. The number of esters is 2. The van der Waals surface area contributed by atoms with Gasteiger partial charge in [0.25, 0.3) is 0 Å². The van der Waals surface area contributed by atoms with Gasteiger partial charge in [0.15, 0.2) is 0 Å². The molecule has 0 heterocycles. The van der Waals surface area contributed by atoms with Crippen molar-refractivity contribution in [2.24, 2.45) is 0 Å². The van der Waals surface area contributed by atoms with E-state index in [1.807, 2.05) is 0 Å². The minimum atomic E-state index is -0.765. The van der Waals surface area contributed by atoms with E-state index in [9.17, 15) is 19.2 Å². The van der Waals surface area contributed by atoms with Gasteiger partial charge in [-0.2, -0.15) is 0 Å². The normalized spacial score (nSPS) is 10.0. The van der Waals surface area contributed by atoms with Crippen LogP contribution in [0.2, 0.25) is 0 Å². The van der Waals surface area contributed by atoms with Crippen LogP contribution >= 0.6 is 0 Å². The van der Waals surface area contributed by atoms with Gasteiger partial charge in [-0.1, -0.05) is 6.07 Å². The zero-order chi connectivity index (χ0) is 25.4. The van der Waals surface area contributed by atoms with Gasteiger partial charge in [0.1, 0.15) is 11.5 Å². The van der Waals surface area contributed by atoms with E-state index < -0.39 is 24.1 Å². The second kappa shape index (κ2) is 11.3. The number of amides is 2. The quantitative estimate of drug-likeness (QED) is 0.484. The fraction of sp³-hybridized carbons (Fsp3) is 0.120. The first-order chi connectivity index (χ1) is 16.8. The van der Waals surface area contributed by atoms with E-state index in [-0.39, 0.29) is 11.5 Å². The number of methoxy groups -OCH3 is 2. The van der Waals surface area contributed by atoms with Gasteiger partial charge in [-0.15, -0.1) is 0 Å². The first-order valence-electron chi connectivity index (χ1n) is 10.2. The van der Waals surface area contributed by atoms with Gasteiger partial charge < -0.3 is 18.9 Å². The van der Waals surface area contributed by atoms with Crippen LogP contribution in [0.1, 0.15) is 26.3 Å². The fourth-order valence-electron chi connectivity index (χ4n) is 2.88. The van der Waals surface area contributed by atoms with E-state index >= 15 is 0 Å². The number of aryl methyl sites for hydroxylation is 1. The lowest BCUT2D eigenvalue weighted by molar-refractivity contribution is 0.0592. The van der Waals surface area contributed by atoms with Crippen molar-refractivity contribution < 1.29 is 38.1 Å². The highest BCUT2D eigenvalue weighted by atomic mass is 16.6. The van der Waals surface area contributed by atoms with Gasteiger partial charge >= 0.3 is 24.1 Å². The lowest BCUT2D eigenvalue weighted by atomic mass is 10.2. The number of benzene rings is 3. The van der Waals surface area contributed by atoms with E-state index in [0.29, 0.717) is 22.5 Å². The van der Waals surface area contributed by atoms with Crippen LogP contribution < -0.4 is 20.1 Å². The van der Waals surface area contributed by atoms with Crippen LogP contribution in [-0.2, 0) is 9.47 Å². The molecule has 0 atom stereocenters. The Labute approximate surface area is 200 Å². The van der Waals surface area contributed by atoms with Crippen molar-refractivity contribution in [2.45, 2.75) is 6.92 Å². The summed E-state index contributed by atoms with van der Waals surface area (Å²) in [7, 11) is 2.54. The second-order valence-corrected chi connectivity index (χ2v) is 7.09. The first kappa shape index (κ1) is 24.8. The molecular weight excluding hydrogens is 456 g/mol. The van der Waals surface area contributed by atoms with E-state index in [1.165, 1.54) is 62.8 Å².